The quantitative estimate of drug-likeness (QED) is 0.778. The molecular weight excluding hydrogens is 361 g/mol. The van der Waals surface area contributed by atoms with Gasteiger partial charge in [0.1, 0.15) is 15.8 Å². The van der Waals surface area contributed by atoms with Crippen molar-refractivity contribution in [3.63, 3.8) is 0 Å². The summed E-state index contributed by atoms with van der Waals surface area (Å²) in [5.74, 6) is -0.340. The van der Waals surface area contributed by atoms with E-state index in [4.69, 9.17) is 11.6 Å². The largest absolute Gasteiger partial charge is 0.301 e. The summed E-state index contributed by atoms with van der Waals surface area (Å²) in [5.41, 5.74) is 0.501. The highest BCUT2D eigenvalue weighted by molar-refractivity contribution is 7.84. The summed E-state index contributed by atoms with van der Waals surface area (Å²) < 4.78 is 24.4. The van der Waals surface area contributed by atoms with Gasteiger partial charge in [-0.15, -0.1) is 0 Å². The van der Waals surface area contributed by atoms with Gasteiger partial charge in [0.15, 0.2) is 5.15 Å². The minimum Gasteiger partial charge on any atom is -0.301 e. The maximum absolute atomic E-state index is 13.3. The van der Waals surface area contributed by atoms with Crippen LogP contribution in [0.15, 0.2) is 18.5 Å². The van der Waals surface area contributed by atoms with E-state index in [0.717, 1.165) is 6.20 Å². The lowest BCUT2D eigenvalue weighted by atomic mass is 10.3. The minimum absolute atomic E-state index is 0.169. The fourth-order valence-corrected chi connectivity index (χ4v) is 3.75. The predicted molar refractivity (Wildman–Crippen MR) is 91.9 cm³/mol. The van der Waals surface area contributed by atoms with Gasteiger partial charge in [-0.3, -0.25) is 14.0 Å². The SMILES string of the molecule is CCN(C(=O)CCS(C)=O)c1sc(-c2cncc(F)c2)nc1Cl. The summed E-state index contributed by atoms with van der Waals surface area (Å²) in [6, 6.07) is 1.31. The molecule has 0 aliphatic carbocycles. The molecular formula is C14H15ClFN3O2S2. The Morgan fingerprint density at radius 3 is 2.83 bits per heavy atom. The van der Waals surface area contributed by atoms with Crippen molar-refractivity contribution in [2.75, 3.05) is 23.5 Å². The van der Waals surface area contributed by atoms with Crippen molar-refractivity contribution in [1.82, 2.24) is 9.97 Å². The number of rotatable bonds is 6. The third-order valence-electron chi connectivity index (χ3n) is 2.99. The van der Waals surface area contributed by atoms with E-state index in [2.05, 4.69) is 9.97 Å². The number of anilines is 1. The summed E-state index contributed by atoms with van der Waals surface area (Å²) in [7, 11) is -1.04. The van der Waals surface area contributed by atoms with Crippen LogP contribution >= 0.6 is 22.9 Å². The molecule has 0 fully saturated rings. The second-order valence-corrected chi connectivity index (χ2v) is 7.56. The molecule has 1 atom stereocenters. The van der Waals surface area contributed by atoms with Crippen LogP contribution < -0.4 is 4.90 Å². The maximum atomic E-state index is 13.3. The van der Waals surface area contributed by atoms with Gasteiger partial charge in [-0.25, -0.2) is 9.37 Å². The normalized spacial score (nSPS) is 12.2. The van der Waals surface area contributed by atoms with Crippen LogP contribution in [0, 0.1) is 5.82 Å². The van der Waals surface area contributed by atoms with E-state index in [9.17, 15) is 13.4 Å². The molecule has 1 amide bonds. The standard InChI is InChI=1S/C14H15ClFN3O2S2/c1-3-19(11(20)4-5-23(2)21)14-12(15)18-13(22-14)9-6-10(16)8-17-7-9/h6-8H,3-5H2,1-2H3. The number of amides is 1. The number of hydrogen-bond donors (Lipinski definition) is 0. The van der Waals surface area contributed by atoms with Crippen LogP contribution in [0.5, 0.6) is 0 Å². The van der Waals surface area contributed by atoms with Crippen molar-refractivity contribution in [1.29, 1.82) is 0 Å². The van der Waals surface area contributed by atoms with Gasteiger partial charge in [0.05, 0.1) is 6.20 Å². The van der Waals surface area contributed by atoms with Gasteiger partial charge in [-0.1, -0.05) is 22.9 Å². The molecule has 23 heavy (non-hydrogen) atoms. The molecule has 0 N–H and O–H groups in total. The van der Waals surface area contributed by atoms with E-state index in [1.807, 2.05) is 6.92 Å². The van der Waals surface area contributed by atoms with Crippen LogP contribution in [0.25, 0.3) is 10.6 Å². The van der Waals surface area contributed by atoms with Gasteiger partial charge in [0, 0.05) is 47.5 Å². The fraction of sp³-hybridized carbons (Fsp3) is 0.357. The molecule has 124 valence electrons. The van der Waals surface area contributed by atoms with E-state index in [1.54, 1.807) is 6.26 Å². The molecule has 0 aliphatic rings. The summed E-state index contributed by atoms with van der Waals surface area (Å²) in [4.78, 5) is 21.7. The van der Waals surface area contributed by atoms with Gasteiger partial charge in [0.2, 0.25) is 5.91 Å². The molecule has 0 spiro atoms. The number of carbonyl (C=O) groups excluding carboxylic acids is 1. The van der Waals surface area contributed by atoms with Crippen LogP contribution in [0.4, 0.5) is 9.39 Å². The van der Waals surface area contributed by atoms with E-state index < -0.39 is 16.6 Å². The van der Waals surface area contributed by atoms with Crippen LogP contribution in [-0.2, 0) is 15.6 Å². The first-order valence-corrected chi connectivity index (χ1v) is 9.72. The Labute approximate surface area is 145 Å². The molecule has 0 bridgehead atoms. The maximum Gasteiger partial charge on any atom is 0.228 e. The minimum atomic E-state index is -1.04. The lowest BCUT2D eigenvalue weighted by Gasteiger charge is -2.18. The summed E-state index contributed by atoms with van der Waals surface area (Å²) in [6.07, 6.45) is 4.31. The molecule has 2 heterocycles. The van der Waals surface area contributed by atoms with Crippen LogP contribution in [0.1, 0.15) is 13.3 Å². The van der Waals surface area contributed by atoms with E-state index in [-0.39, 0.29) is 17.5 Å². The highest BCUT2D eigenvalue weighted by atomic mass is 35.5. The van der Waals surface area contributed by atoms with Gasteiger partial charge in [0.25, 0.3) is 0 Å². The molecule has 9 heteroatoms. The third kappa shape index (κ3) is 4.55. The molecule has 0 aromatic carbocycles. The highest BCUT2D eigenvalue weighted by Gasteiger charge is 2.21. The molecule has 2 aromatic heterocycles. The average molecular weight is 376 g/mol. The van der Waals surface area contributed by atoms with Gasteiger partial charge < -0.3 is 4.90 Å². The highest BCUT2D eigenvalue weighted by Crippen LogP contribution is 2.37. The van der Waals surface area contributed by atoms with Gasteiger partial charge in [-0.05, 0) is 13.0 Å². The monoisotopic (exact) mass is 375 g/mol. The van der Waals surface area contributed by atoms with Crippen LogP contribution in [-0.4, -0.2) is 38.6 Å². The van der Waals surface area contributed by atoms with Gasteiger partial charge >= 0.3 is 0 Å². The Morgan fingerprint density at radius 1 is 1.48 bits per heavy atom. The van der Waals surface area contributed by atoms with Crippen molar-refractivity contribution < 1.29 is 13.4 Å². The lowest BCUT2D eigenvalue weighted by molar-refractivity contribution is -0.118. The van der Waals surface area contributed by atoms with Crippen molar-refractivity contribution >= 4 is 44.6 Å². The first-order chi connectivity index (χ1) is 10.9. The average Bonchev–Trinajstić information content (AvgIpc) is 2.88. The lowest BCUT2D eigenvalue weighted by Crippen LogP contribution is -2.31. The first-order valence-electron chi connectivity index (χ1n) is 6.80. The number of nitrogens with zero attached hydrogens (tertiary/aromatic N) is 3. The molecule has 2 aromatic rings. The Kier molecular flexibility index (Phi) is 6.20. The van der Waals surface area contributed by atoms with Gasteiger partial charge in [-0.2, -0.15) is 0 Å². The summed E-state index contributed by atoms with van der Waals surface area (Å²) in [6.45, 7) is 2.23. The zero-order chi connectivity index (χ0) is 17.0. The third-order valence-corrected chi connectivity index (χ3v) is 5.27. The fourth-order valence-electron chi connectivity index (χ4n) is 1.91. The molecule has 0 aliphatic heterocycles. The Bertz CT molecular complexity index is 739. The molecule has 5 nitrogen and oxygen atoms in total. The summed E-state index contributed by atoms with van der Waals surface area (Å²) >= 11 is 7.34. The number of hydrogen-bond acceptors (Lipinski definition) is 5. The van der Waals surface area contributed by atoms with E-state index in [1.165, 1.54) is 28.5 Å². The second kappa shape index (κ2) is 7.94. The summed E-state index contributed by atoms with van der Waals surface area (Å²) in [5, 5.41) is 1.17. The van der Waals surface area contributed by atoms with E-state index >= 15 is 0 Å². The Morgan fingerprint density at radius 2 is 2.22 bits per heavy atom. The van der Waals surface area contributed by atoms with Crippen molar-refractivity contribution in [3.8, 4) is 10.6 Å². The first kappa shape index (κ1) is 18.0. The number of thiazole rings is 1. The zero-order valence-electron chi connectivity index (χ0n) is 12.6. The molecule has 0 radical (unpaired) electrons. The Hall–Kier alpha value is -1.38. The van der Waals surface area contributed by atoms with Crippen molar-refractivity contribution in [2.24, 2.45) is 0 Å². The molecule has 0 saturated carbocycles. The van der Waals surface area contributed by atoms with Crippen molar-refractivity contribution in [3.05, 3.63) is 29.4 Å². The Balaban J connectivity index is 2.28. The number of halogens is 2. The van der Waals surface area contributed by atoms with Crippen LogP contribution in [0.2, 0.25) is 5.15 Å². The second-order valence-electron chi connectivity index (χ2n) is 4.67. The van der Waals surface area contributed by atoms with Crippen LogP contribution in [0.3, 0.4) is 0 Å². The number of aromatic nitrogens is 2. The predicted octanol–water partition coefficient (Wildman–Crippen LogP) is 3.12. The zero-order valence-corrected chi connectivity index (χ0v) is 15.0. The smallest absolute Gasteiger partial charge is 0.228 e. The molecule has 0 saturated heterocycles. The number of carbonyl (C=O) groups is 1. The van der Waals surface area contributed by atoms with E-state index in [0.29, 0.717) is 27.9 Å². The van der Waals surface area contributed by atoms with Crippen molar-refractivity contribution in [2.45, 2.75) is 13.3 Å². The molecule has 2 rings (SSSR count). The number of pyridine rings is 1. The topological polar surface area (TPSA) is 63.2 Å². The molecule has 1 unspecified atom stereocenters.